The number of aryl methyl sites for hydroxylation is 3. The van der Waals surface area contributed by atoms with Gasteiger partial charge in [0.05, 0.1) is 11.4 Å². The number of likely N-dealkylation sites (tertiary alicyclic amines) is 1. The normalized spacial score (nSPS) is 17.6. The standard InChI is InChI=1S/C17H19N5O3/c1-9-6-14-19-13(7-15(23)22(14)20-9)12-4-5-21(8-12)17(24)16-10(2)18-11(3)25-16/h6-7,12,20H,4-5,8H2,1-3H3/t12-/m0/s1. The van der Waals surface area contributed by atoms with Crippen LogP contribution in [-0.2, 0) is 0 Å². The van der Waals surface area contributed by atoms with E-state index >= 15 is 0 Å². The fourth-order valence-corrected chi connectivity index (χ4v) is 3.40. The zero-order valence-electron chi connectivity index (χ0n) is 14.4. The number of nitrogens with zero attached hydrogens (tertiary/aromatic N) is 4. The molecule has 130 valence electrons. The number of aromatic amines is 1. The van der Waals surface area contributed by atoms with Crippen molar-refractivity contribution >= 4 is 11.6 Å². The van der Waals surface area contributed by atoms with E-state index in [2.05, 4.69) is 15.1 Å². The van der Waals surface area contributed by atoms with E-state index in [4.69, 9.17) is 4.42 Å². The van der Waals surface area contributed by atoms with Gasteiger partial charge in [0.1, 0.15) is 0 Å². The molecule has 3 aromatic rings. The van der Waals surface area contributed by atoms with Crippen molar-refractivity contribution in [3.63, 3.8) is 0 Å². The average molecular weight is 341 g/mol. The lowest BCUT2D eigenvalue weighted by atomic mass is 10.0. The van der Waals surface area contributed by atoms with E-state index in [0.717, 1.165) is 17.8 Å². The van der Waals surface area contributed by atoms with Crippen molar-refractivity contribution < 1.29 is 9.21 Å². The van der Waals surface area contributed by atoms with E-state index in [1.807, 2.05) is 13.0 Å². The van der Waals surface area contributed by atoms with Gasteiger partial charge in [-0.1, -0.05) is 0 Å². The average Bonchev–Trinajstić information content (AvgIpc) is 3.24. The third-order valence-electron chi connectivity index (χ3n) is 4.59. The van der Waals surface area contributed by atoms with E-state index < -0.39 is 0 Å². The van der Waals surface area contributed by atoms with Gasteiger partial charge >= 0.3 is 0 Å². The van der Waals surface area contributed by atoms with Gasteiger partial charge in [-0.25, -0.2) is 14.5 Å². The Labute approximate surface area is 143 Å². The number of amides is 1. The highest BCUT2D eigenvalue weighted by atomic mass is 16.4. The Kier molecular flexibility index (Phi) is 3.48. The van der Waals surface area contributed by atoms with Crippen LogP contribution >= 0.6 is 0 Å². The van der Waals surface area contributed by atoms with Crippen LogP contribution in [-0.4, -0.2) is 43.5 Å². The number of carbonyl (C=O) groups is 1. The zero-order valence-corrected chi connectivity index (χ0v) is 14.4. The first-order chi connectivity index (χ1) is 11.9. The van der Waals surface area contributed by atoms with Crippen LogP contribution in [0.4, 0.5) is 0 Å². The minimum absolute atomic E-state index is 0.0428. The maximum atomic E-state index is 12.6. The summed E-state index contributed by atoms with van der Waals surface area (Å²) in [6, 6.07) is 3.38. The lowest BCUT2D eigenvalue weighted by Crippen LogP contribution is -2.29. The fraction of sp³-hybridized carbons (Fsp3) is 0.412. The molecule has 25 heavy (non-hydrogen) atoms. The van der Waals surface area contributed by atoms with E-state index in [1.54, 1.807) is 24.8 Å². The molecule has 1 aliphatic rings. The van der Waals surface area contributed by atoms with Crippen LogP contribution in [0.2, 0.25) is 0 Å². The summed E-state index contributed by atoms with van der Waals surface area (Å²) in [5.74, 6) is 0.666. The Morgan fingerprint density at radius 2 is 2.08 bits per heavy atom. The summed E-state index contributed by atoms with van der Waals surface area (Å²) in [4.78, 5) is 35.4. The third-order valence-corrected chi connectivity index (χ3v) is 4.59. The summed E-state index contributed by atoms with van der Waals surface area (Å²) < 4.78 is 6.86. The Balaban J connectivity index is 1.59. The van der Waals surface area contributed by atoms with Crippen LogP contribution in [0.5, 0.6) is 0 Å². The first-order valence-corrected chi connectivity index (χ1v) is 8.25. The Hall–Kier alpha value is -2.90. The van der Waals surface area contributed by atoms with E-state index in [-0.39, 0.29) is 17.4 Å². The van der Waals surface area contributed by atoms with Crippen LogP contribution in [0, 0.1) is 20.8 Å². The molecule has 8 heteroatoms. The lowest BCUT2D eigenvalue weighted by molar-refractivity contribution is 0.0756. The summed E-state index contributed by atoms with van der Waals surface area (Å²) in [6.45, 7) is 6.50. The van der Waals surface area contributed by atoms with Crippen molar-refractivity contribution in [3.05, 3.63) is 51.2 Å². The number of H-pyrrole nitrogens is 1. The SMILES string of the molecule is Cc1cc2nc([C@H]3CCN(C(=O)c4oc(C)nc4C)C3)cc(=O)n2[nH]1. The summed E-state index contributed by atoms with van der Waals surface area (Å²) in [5.41, 5.74) is 2.67. The lowest BCUT2D eigenvalue weighted by Gasteiger charge is -2.15. The highest BCUT2D eigenvalue weighted by Gasteiger charge is 2.32. The minimum atomic E-state index is -0.157. The summed E-state index contributed by atoms with van der Waals surface area (Å²) in [7, 11) is 0. The monoisotopic (exact) mass is 341 g/mol. The minimum Gasteiger partial charge on any atom is -0.436 e. The van der Waals surface area contributed by atoms with Crippen LogP contribution in [0.25, 0.3) is 5.65 Å². The Morgan fingerprint density at radius 1 is 1.28 bits per heavy atom. The second-order valence-electron chi connectivity index (χ2n) is 6.54. The number of hydrogen-bond donors (Lipinski definition) is 1. The third kappa shape index (κ3) is 2.63. The van der Waals surface area contributed by atoms with Gasteiger partial charge in [0, 0.05) is 43.8 Å². The number of carbonyl (C=O) groups excluding carboxylic acids is 1. The molecular formula is C17H19N5O3. The van der Waals surface area contributed by atoms with Crippen molar-refractivity contribution in [3.8, 4) is 0 Å². The van der Waals surface area contributed by atoms with E-state index in [0.29, 0.717) is 36.1 Å². The molecule has 1 aliphatic heterocycles. The van der Waals surface area contributed by atoms with Crippen molar-refractivity contribution in [2.75, 3.05) is 13.1 Å². The van der Waals surface area contributed by atoms with E-state index in [9.17, 15) is 9.59 Å². The smallest absolute Gasteiger partial charge is 0.291 e. The van der Waals surface area contributed by atoms with E-state index in [1.165, 1.54) is 4.52 Å². The second-order valence-corrected chi connectivity index (χ2v) is 6.54. The topological polar surface area (TPSA) is 96.5 Å². The van der Waals surface area contributed by atoms with Crippen molar-refractivity contribution in [1.29, 1.82) is 0 Å². The first kappa shape index (κ1) is 15.6. The summed E-state index contributed by atoms with van der Waals surface area (Å²) >= 11 is 0. The number of nitrogens with one attached hydrogen (secondary N) is 1. The van der Waals surface area contributed by atoms with Crippen molar-refractivity contribution in [2.45, 2.75) is 33.1 Å². The maximum absolute atomic E-state index is 12.6. The molecule has 1 amide bonds. The van der Waals surface area contributed by atoms with Gasteiger partial charge in [-0.3, -0.25) is 14.7 Å². The highest BCUT2D eigenvalue weighted by molar-refractivity contribution is 5.92. The van der Waals surface area contributed by atoms with Gasteiger partial charge in [-0.15, -0.1) is 0 Å². The maximum Gasteiger partial charge on any atom is 0.291 e. The van der Waals surface area contributed by atoms with Crippen LogP contribution in [0.3, 0.4) is 0 Å². The van der Waals surface area contributed by atoms with Gasteiger partial charge in [0.2, 0.25) is 5.76 Å². The molecule has 0 aliphatic carbocycles. The molecule has 0 saturated carbocycles. The van der Waals surface area contributed by atoms with Crippen LogP contribution < -0.4 is 5.56 Å². The molecule has 4 heterocycles. The molecule has 0 unspecified atom stereocenters. The van der Waals surface area contributed by atoms with Gasteiger partial charge < -0.3 is 9.32 Å². The molecule has 1 N–H and O–H groups in total. The molecule has 1 fully saturated rings. The first-order valence-electron chi connectivity index (χ1n) is 8.25. The molecule has 1 atom stereocenters. The van der Waals surface area contributed by atoms with Gasteiger partial charge in [0.15, 0.2) is 11.5 Å². The Bertz CT molecular complexity index is 1030. The van der Waals surface area contributed by atoms with Gasteiger partial charge in [-0.2, -0.15) is 0 Å². The predicted molar refractivity (Wildman–Crippen MR) is 89.8 cm³/mol. The molecule has 4 rings (SSSR count). The molecule has 0 radical (unpaired) electrons. The van der Waals surface area contributed by atoms with Crippen molar-refractivity contribution in [2.24, 2.45) is 0 Å². The van der Waals surface area contributed by atoms with Gasteiger partial charge in [-0.05, 0) is 20.3 Å². The second kappa shape index (κ2) is 5.58. The summed E-state index contributed by atoms with van der Waals surface area (Å²) in [6.07, 6.45) is 0.768. The molecule has 1 saturated heterocycles. The number of fused-ring (bicyclic) bond motifs is 1. The Morgan fingerprint density at radius 3 is 2.80 bits per heavy atom. The van der Waals surface area contributed by atoms with Crippen LogP contribution in [0.1, 0.15) is 45.9 Å². The zero-order chi connectivity index (χ0) is 17.7. The number of oxazole rings is 1. The number of rotatable bonds is 2. The molecular weight excluding hydrogens is 322 g/mol. The van der Waals surface area contributed by atoms with Crippen LogP contribution in [0.15, 0.2) is 21.3 Å². The fourth-order valence-electron chi connectivity index (χ4n) is 3.40. The quantitative estimate of drug-likeness (QED) is 0.763. The van der Waals surface area contributed by atoms with Crippen molar-refractivity contribution in [1.82, 2.24) is 24.5 Å². The molecule has 0 aromatic carbocycles. The highest BCUT2D eigenvalue weighted by Crippen LogP contribution is 2.27. The van der Waals surface area contributed by atoms with Gasteiger partial charge in [0.25, 0.3) is 11.5 Å². The number of aromatic nitrogens is 4. The molecule has 3 aromatic heterocycles. The molecule has 8 nitrogen and oxygen atoms in total. The molecule has 0 spiro atoms. The predicted octanol–water partition coefficient (Wildman–Crippen LogP) is 1.57. The number of hydrogen-bond acceptors (Lipinski definition) is 5. The summed E-state index contributed by atoms with van der Waals surface area (Å²) in [5, 5.41) is 2.96. The molecule has 0 bridgehead atoms. The largest absolute Gasteiger partial charge is 0.436 e.